The number of hydrogen-bond donors (Lipinski definition) is 3. The van der Waals surface area contributed by atoms with E-state index in [4.69, 9.17) is 20.1 Å². The lowest BCUT2D eigenvalue weighted by Gasteiger charge is -1.90. The predicted molar refractivity (Wildman–Crippen MR) is 49.6 cm³/mol. The lowest BCUT2D eigenvalue weighted by Crippen LogP contribution is -1.88. The Bertz CT molecular complexity index is 321. The third-order valence-corrected chi connectivity index (χ3v) is 1.10. The molecule has 0 unspecified atom stereocenters. The predicted octanol–water partition coefficient (Wildman–Crippen LogP) is 0.805. The number of non-ortho nitro benzene ring substituents is 1. The van der Waals surface area contributed by atoms with Gasteiger partial charge in [0.2, 0.25) is 0 Å². The van der Waals surface area contributed by atoms with E-state index in [1.54, 1.807) is 0 Å². The zero-order valence-electron chi connectivity index (χ0n) is 6.90. The molecule has 76 valence electrons. The minimum Gasteiger partial charge on any atom is -0.399 e. The van der Waals surface area contributed by atoms with Crippen LogP contribution in [0.15, 0.2) is 24.3 Å². The Labute approximate surface area is 79.9 Å². The molecule has 0 atom stereocenters. The van der Waals surface area contributed by atoms with Gasteiger partial charge in [-0.3, -0.25) is 10.1 Å². The second kappa shape index (κ2) is 5.98. The van der Waals surface area contributed by atoms with E-state index >= 15 is 0 Å². The highest BCUT2D eigenvalue weighted by Crippen LogP contribution is 2.11. The third kappa shape index (κ3) is 6.01. The van der Waals surface area contributed by atoms with Gasteiger partial charge in [0.25, 0.3) is 5.69 Å². The van der Waals surface area contributed by atoms with Crippen molar-refractivity contribution in [3.05, 3.63) is 34.4 Å². The van der Waals surface area contributed by atoms with Crippen molar-refractivity contribution < 1.29 is 19.3 Å². The van der Waals surface area contributed by atoms with Gasteiger partial charge in [0.05, 0.1) is 4.92 Å². The number of anilines is 1. The van der Waals surface area contributed by atoms with Crippen molar-refractivity contribution in [1.29, 1.82) is 0 Å². The number of benzene rings is 1. The fourth-order valence-electron chi connectivity index (χ4n) is 0.596. The number of nitro groups is 1. The molecule has 0 saturated heterocycles. The largest absolute Gasteiger partial charge is 0.692 e. The topological polar surface area (TPSA) is 127 Å². The smallest absolute Gasteiger partial charge is 0.399 e. The standard InChI is InChI=1S/C6H6N2O2.HO3P/c7-5-1-3-6(4-2-5)8(9)10;1-4(2)3/h1-4H,7H2;(H-,1,2,3)/p+1. The fourth-order valence-corrected chi connectivity index (χ4v) is 0.596. The summed E-state index contributed by atoms with van der Waals surface area (Å²) in [7, 11) is -2.87. The molecule has 0 bridgehead atoms. The molecule has 0 radical (unpaired) electrons. The highest BCUT2D eigenvalue weighted by Gasteiger charge is 2.00. The highest BCUT2D eigenvalue weighted by molar-refractivity contribution is 7.30. The Morgan fingerprint density at radius 2 is 1.64 bits per heavy atom. The third-order valence-electron chi connectivity index (χ3n) is 1.10. The van der Waals surface area contributed by atoms with Crippen molar-refractivity contribution in [2.45, 2.75) is 0 Å². The average Bonchev–Trinajstić information content (AvgIpc) is 2.03. The van der Waals surface area contributed by atoms with Crippen LogP contribution in [0.5, 0.6) is 0 Å². The number of rotatable bonds is 1. The number of nitrogens with two attached hydrogens (primary N) is 1. The Morgan fingerprint density at radius 1 is 1.29 bits per heavy atom. The molecule has 1 rings (SSSR count). The Balaban J connectivity index is 0.000000364. The normalized spacial score (nSPS) is 8.43. The molecule has 0 amide bonds. The molecule has 8 heteroatoms. The number of hydrogen-bond acceptors (Lipinski definition) is 4. The SMILES string of the molecule is Nc1ccc([N+](=O)[O-])cc1.O=[P+](O)O. The van der Waals surface area contributed by atoms with Gasteiger partial charge in [0, 0.05) is 22.4 Å². The van der Waals surface area contributed by atoms with Crippen molar-refractivity contribution in [1.82, 2.24) is 0 Å². The van der Waals surface area contributed by atoms with E-state index in [1.807, 2.05) is 0 Å². The first-order valence-electron chi connectivity index (χ1n) is 3.28. The monoisotopic (exact) mass is 219 g/mol. The van der Waals surface area contributed by atoms with Crippen LogP contribution in [0.25, 0.3) is 0 Å². The lowest BCUT2D eigenvalue weighted by molar-refractivity contribution is -0.384. The van der Waals surface area contributed by atoms with Crippen LogP contribution in [-0.4, -0.2) is 14.7 Å². The van der Waals surface area contributed by atoms with E-state index < -0.39 is 13.2 Å². The second-order valence-electron chi connectivity index (χ2n) is 2.10. The van der Waals surface area contributed by atoms with Crippen LogP contribution in [0.3, 0.4) is 0 Å². The molecular weight excluding hydrogens is 211 g/mol. The van der Waals surface area contributed by atoms with Gasteiger partial charge in [-0.1, -0.05) is 0 Å². The number of nitrogens with zero attached hydrogens (tertiary/aromatic N) is 1. The molecule has 0 aliphatic heterocycles. The van der Waals surface area contributed by atoms with Crippen molar-refractivity contribution in [2.24, 2.45) is 0 Å². The zero-order valence-corrected chi connectivity index (χ0v) is 7.79. The summed E-state index contributed by atoms with van der Waals surface area (Å²) in [5.41, 5.74) is 5.90. The molecule has 0 aliphatic carbocycles. The Hall–Kier alpha value is -1.56. The maximum Gasteiger partial charge on any atom is 0.692 e. The molecule has 0 heterocycles. The molecule has 0 saturated carbocycles. The molecular formula is C6H8N2O5P+. The summed E-state index contributed by atoms with van der Waals surface area (Å²) in [6, 6.07) is 5.74. The zero-order chi connectivity index (χ0) is 11.1. The summed E-state index contributed by atoms with van der Waals surface area (Å²) in [6.07, 6.45) is 0. The van der Waals surface area contributed by atoms with Gasteiger partial charge in [-0.2, -0.15) is 0 Å². The van der Waals surface area contributed by atoms with Crippen LogP contribution >= 0.6 is 8.25 Å². The van der Waals surface area contributed by atoms with E-state index in [2.05, 4.69) is 0 Å². The first kappa shape index (κ1) is 12.4. The van der Waals surface area contributed by atoms with E-state index in [9.17, 15) is 10.1 Å². The Morgan fingerprint density at radius 3 is 1.93 bits per heavy atom. The van der Waals surface area contributed by atoms with Crippen molar-refractivity contribution in [3.63, 3.8) is 0 Å². The fraction of sp³-hybridized carbons (Fsp3) is 0. The van der Waals surface area contributed by atoms with Crippen LogP contribution in [-0.2, 0) is 4.57 Å². The van der Waals surface area contributed by atoms with Crippen molar-refractivity contribution in [2.75, 3.05) is 5.73 Å². The van der Waals surface area contributed by atoms with Gasteiger partial charge in [0.15, 0.2) is 0 Å². The summed E-state index contributed by atoms with van der Waals surface area (Å²) < 4.78 is 8.70. The first-order valence-corrected chi connectivity index (χ1v) is 4.45. The molecule has 1 aromatic rings. The molecule has 0 spiro atoms. The first-order chi connectivity index (χ1) is 6.43. The molecule has 14 heavy (non-hydrogen) atoms. The minimum atomic E-state index is -2.87. The van der Waals surface area contributed by atoms with Gasteiger partial charge >= 0.3 is 8.25 Å². The lowest BCUT2D eigenvalue weighted by atomic mass is 10.3. The second-order valence-corrected chi connectivity index (χ2v) is 2.61. The van der Waals surface area contributed by atoms with Gasteiger partial charge < -0.3 is 5.73 Å². The molecule has 7 nitrogen and oxygen atoms in total. The van der Waals surface area contributed by atoms with Gasteiger partial charge in [-0.25, -0.2) is 0 Å². The quantitative estimate of drug-likeness (QED) is 0.277. The van der Waals surface area contributed by atoms with Crippen LogP contribution in [0.2, 0.25) is 0 Å². The number of nitrogen functional groups attached to an aromatic ring is 1. The van der Waals surface area contributed by atoms with E-state index in [0.29, 0.717) is 5.69 Å². The molecule has 0 aromatic heterocycles. The van der Waals surface area contributed by atoms with E-state index in [-0.39, 0.29) is 5.69 Å². The van der Waals surface area contributed by atoms with Crippen molar-refractivity contribution in [3.8, 4) is 0 Å². The number of nitro benzene ring substituents is 1. The minimum absolute atomic E-state index is 0.0641. The summed E-state index contributed by atoms with van der Waals surface area (Å²) in [4.78, 5) is 23.9. The van der Waals surface area contributed by atoms with Gasteiger partial charge in [-0.05, 0) is 12.1 Å². The van der Waals surface area contributed by atoms with E-state index in [1.165, 1.54) is 24.3 Å². The molecule has 0 fully saturated rings. The molecule has 1 aromatic carbocycles. The molecule has 0 aliphatic rings. The van der Waals surface area contributed by atoms with Crippen LogP contribution in [0, 0.1) is 10.1 Å². The summed E-state index contributed by atoms with van der Waals surface area (Å²) in [5, 5.41) is 10.1. The van der Waals surface area contributed by atoms with Crippen LogP contribution < -0.4 is 5.73 Å². The summed E-state index contributed by atoms with van der Waals surface area (Å²) in [5.74, 6) is 0. The van der Waals surface area contributed by atoms with Gasteiger partial charge in [-0.15, -0.1) is 9.79 Å². The maximum absolute atomic E-state index is 10.1. The van der Waals surface area contributed by atoms with Crippen LogP contribution in [0.1, 0.15) is 0 Å². The van der Waals surface area contributed by atoms with Crippen molar-refractivity contribution >= 4 is 19.6 Å². The maximum atomic E-state index is 10.1. The Kier molecular flexibility index (Phi) is 5.31. The highest BCUT2D eigenvalue weighted by atomic mass is 31.1. The van der Waals surface area contributed by atoms with Gasteiger partial charge in [0.1, 0.15) is 0 Å². The summed E-state index contributed by atoms with van der Waals surface area (Å²) >= 11 is 0. The van der Waals surface area contributed by atoms with E-state index in [0.717, 1.165) is 0 Å². The van der Waals surface area contributed by atoms with Crippen LogP contribution in [0.4, 0.5) is 11.4 Å². The summed E-state index contributed by atoms with van der Waals surface area (Å²) in [6.45, 7) is 0. The average molecular weight is 219 g/mol. The molecule has 4 N–H and O–H groups in total.